The van der Waals surface area contributed by atoms with Crippen molar-refractivity contribution in [2.24, 2.45) is 16.6 Å². The third-order valence-corrected chi connectivity index (χ3v) is 4.76. The van der Waals surface area contributed by atoms with E-state index in [0.717, 1.165) is 30.0 Å². The van der Waals surface area contributed by atoms with E-state index in [1.807, 2.05) is 18.2 Å². The molecule has 1 aromatic carbocycles. The van der Waals surface area contributed by atoms with Gasteiger partial charge in [-0.1, -0.05) is 19.8 Å². The Morgan fingerprint density at radius 3 is 2.84 bits per heavy atom. The van der Waals surface area contributed by atoms with E-state index in [4.69, 9.17) is 19.9 Å². The normalized spacial score (nSPS) is 23.8. The molecule has 0 saturated heterocycles. The fourth-order valence-corrected chi connectivity index (χ4v) is 3.33. The molecular weight excluding hydrogens is 318 g/mol. The van der Waals surface area contributed by atoms with Gasteiger partial charge in [-0.15, -0.1) is 0 Å². The highest BCUT2D eigenvalue weighted by molar-refractivity contribution is 5.92. The van der Waals surface area contributed by atoms with Crippen molar-refractivity contribution in [2.75, 3.05) is 31.7 Å². The van der Waals surface area contributed by atoms with Crippen LogP contribution in [0.2, 0.25) is 0 Å². The minimum atomic E-state index is 0.375. The van der Waals surface area contributed by atoms with Crippen molar-refractivity contribution in [3.63, 3.8) is 0 Å². The number of hydrogen-bond acceptors (Lipinski definition) is 4. The van der Waals surface area contributed by atoms with Gasteiger partial charge in [0.05, 0.1) is 32.5 Å². The lowest BCUT2D eigenvalue weighted by molar-refractivity contribution is -0.000635. The van der Waals surface area contributed by atoms with Crippen LogP contribution < -0.4 is 20.5 Å². The summed E-state index contributed by atoms with van der Waals surface area (Å²) in [4.78, 5) is 4.35. The van der Waals surface area contributed by atoms with E-state index in [-0.39, 0.29) is 0 Å². The lowest BCUT2D eigenvalue weighted by atomic mass is 9.88. The Labute approximate surface area is 149 Å². The van der Waals surface area contributed by atoms with E-state index in [1.165, 1.54) is 19.3 Å². The minimum Gasteiger partial charge on any atom is -0.490 e. The van der Waals surface area contributed by atoms with Crippen molar-refractivity contribution in [1.82, 2.24) is 0 Å². The molecule has 3 rings (SSSR count). The summed E-state index contributed by atoms with van der Waals surface area (Å²) in [5.41, 5.74) is 6.81. The maximum Gasteiger partial charge on any atom is 0.193 e. The van der Waals surface area contributed by atoms with E-state index >= 15 is 0 Å². The molecule has 0 aromatic heterocycles. The highest BCUT2D eigenvalue weighted by Crippen LogP contribution is 2.32. The number of fused-ring (bicyclic) bond motifs is 1. The molecule has 1 aliphatic carbocycles. The summed E-state index contributed by atoms with van der Waals surface area (Å²) in [6.45, 7) is 4.79. The van der Waals surface area contributed by atoms with Crippen LogP contribution in [-0.2, 0) is 4.74 Å². The lowest BCUT2D eigenvalue weighted by Crippen LogP contribution is -2.27. The van der Waals surface area contributed by atoms with Crippen LogP contribution >= 0.6 is 0 Å². The number of hydrogen-bond donors (Lipinski definition) is 2. The average Bonchev–Trinajstić information content (AvgIpc) is 2.85. The molecule has 3 N–H and O–H groups in total. The van der Waals surface area contributed by atoms with Gasteiger partial charge in [0.2, 0.25) is 0 Å². The molecule has 0 radical (unpaired) electrons. The van der Waals surface area contributed by atoms with Gasteiger partial charge in [-0.2, -0.15) is 0 Å². The zero-order chi connectivity index (χ0) is 17.5. The molecule has 1 aliphatic heterocycles. The summed E-state index contributed by atoms with van der Waals surface area (Å²) in [6, 6.07) is 5.70. The molecule has 0 spiro atoms. The molecule has 2 unspecified atom stereocenters. The number of anilines is 1. The van der Waals surface area contributed by atoms with Crippen LogP contribution in [0.15, 0.2) is 23.2 Å². The van der Waals surface area contributed by atoms with Gasteiger partial charge < -0.3 is 25.3 Å². The fraction of sp³-hybridized carbons (Fsp3) is 0.632. The number of guanidine groups is 1. The van der Waals surface area contributed by atoms with Gasteiger partial charge in [-0.3, -0.25) is 4.99 Å². The van der Waals surface area contributed by atoms with Gasteiger partial charge in [0.25, 0.3) is 0 Å². The highest BCUT2D eigenvalue weighted by atomic mass is 16.5. The van der Waals surface area contributed by atoms with Gasteiger partial charge in [0, 0.05) is 18.2 Å². The zero-order valence-electron chi connectivity index (χ0n) is 15.0. The summed E-state index contributed by atoms with van der Waals surface area (Å²) in [5, 5.41) is 3.10. The summed E-state index contributed by atoms with van der Waals surface area (Å²) in [6.07, 6.45) is 6.29. The predicted molar refractivity (Wildman–Crippen MR) is 99.5 cm³/mol. The molecule has 1 saturated carbocycles. The monoisotopic (exact) mass is 347 g/mol. The van der Waals surface area contributed by atoms with E-state index in [9.17, 15) is 0 Å². The van der Waals surface area contributed by atoms with Gasteiger partial charge in [0.1, 0.15) is 0 Å². The van der Waals surface area contributed by atoms with Gasteiger partial charge in [-0.25, -0.2) is 0 Å². The van der Waals surface area contributed by atoms with E-state index in [2.05, 4.69) is 17.2 Å². The minimum absolute atomic E-state index is 0.375. The second-order valence-electron chi connectivity index (χ2n) is 6.77. The number of rotatable bonds is 5. The molecule has 2 atom stereocenters. The Bertz CT molecular complexity index is 591. The molecule has 1 aromatic rings. The van der Waals surface area contributed by atoms with E-state index in [1.54, 1.807) is 0 Å². The van der Waals surface area contributed by atoms with Gasteiger partial charge in [0.15, 0.2) is 17.5 Å². The van der Waals surface area contributed by atoms with Crippen LogP contribution in [0.5, 0.6) is 11.5 Å². The lowest BCUT2D eigenvalue weighted by Gasteiger charge is -2.28. The molecule has 2 aliphatic rings. The first-order valence-electron chi connectivity index (χ1n) is 9.30. The number of benzene rings is 1. The number of aliphatic imine (C=N–C) groups is 1. The summed E-state index contributed by atoms with van der Waals surface area (Å²) < 4.78 is 17.3. The van der Waals surface area contributed by atoms with Gasteiger partial charge >= 0.3 is 0 Å². The third-order valence-electron chi connectivity index (χ3n) is 4.76. The Hall–Kier alpha value is -1.95. The first-order valence-corrected chi connectivity index (χ1v) is 9.30. The topological polar surface area (TPSA) is 78.1 Å². The summed E-state index contributed by atoms with van der Waals surface area (Å²) in [7, 11) is 0. The SMILES string of the molecule is CC1CCCCC1OCCN=C(N)Nc1ccc2c(c1)OCCCO2. The molecule has 0 amide bonds. The van der Waals surface area contributed by atoms with Crippen LogP contribution in [0.3, 0.4) is 0 Å². The smallest absolute Gasteiger partial charge is 0.193 e. The maximum absolute atomic E-state index is 5.97. The highest BCUT2D eigenvalue weighted by Gasteiger charge is 2.21. The number of nitrogens with two attached hydrogens (primary N) is 1. The molecule has 6 heteroatoms. The predicted octanol–water partition coefficient (Wildman–Crippen LogP) is 3.17. The van der Waals surface area contributed by atoms with Crippen LogP contribution in [0.1, 0.15) is 39.0 Å². The van der Waals surface area contributed by atoms with Crippen molar-refractivity contribution >= 4 is 11.6 Å². The Kier molecular flexibility index (Phi) is 6.39. The first kappa shape index (κ1) is 17.9. The number of nitrogens with one attached hydrogen (secondary N) is 1. The van der Waals surface area contributed by atoms with E-state index in [0.29, 0.717) is 44.3 Å². The molecule has 1 heterocycles. The Morgan fingerprint density at radius 1 is 1.20 bits per heavy atom. The molecule has 1 fully saturated rings. The number of ether oxygens (including phenoxy) is 3. The van der Waals surface area contributed by atoms with Crippen molar-refractivity contribution in [2.45, 2.75) is 45.1 Å². The van der Waals surface area contributed by atoms with Crippen LogP contribution in [0.4, 0.5) is 5.69 Å². The maximum atomic E-state index is 5.97. The molecule has 6 nitrogen and oxygen atoms in total. The summed E-state index contributed by atoms with van der Waals surface area (Å²) >= 11 is 0. The standard InChI is InChI=1S/C19H29N3O3/c1-14-5-2-3-6-16(14)25-12-9-21-19(20)22-15-7-8-17-18(13-15)24-11-4-10-23-17/h7-8,13-14,16H,2-6,9-12H2,1H3,(H3,20,21,22). The second-order valence-corrected chi connectivity index (χ2v) is 6.77. The van der Waals surface area contributed by atoms with E-state index < -0.39 is 0 Å². The Balaban J connectivity index is 1.46. The molecule has 25 heavy (non-hydrogen) atoms. The summed E-state index contributed by atoms with van der Waals surface area (Å²) in [5.74, 6) is 2.54. The van der Waals surface area contributed by atoms with Crippen molar-refractivity contribution in [1.29, 1.82) is 0 Å². The zero-order valence-corrected chi connectivity index (χ0v) is 15.0. The average molecular weight is 347 g/mol. The third kappa shape index (κ3) is 5.26. The van der Waals surface area contributed by atoms with Gasteiger partial charge in [-0.05, 0) is 30.9 Å². The van der Waals surface area contributed by atoms with Crippen molar-refractivity contribution in [3.05, 3.63) is 18.2 Å². The quantitative estimate of drug-likeness (QED) is 0.486. The van der Waals surface area contributed by atoms with Crippen LogP contribution in [0, 0.1) is 5.92 Å². The Morgan fingerprint density at radius 2 is 2.00 bits per heavy atom. The second kappa shape index (κ2) is 8.94. The van der Waals surface area contributed by atoms with Crippen LogP contribution in [-0.4, -0.2) is 38.4 Å². The molecular formula is C19H29N3O3. The van der Waals surface area contributed by atoms with Crippen molar-refractivity contribution in [3.8, 4) is 11.5 Å². The fourth-order valence-electron chi connectivity index (χ4n) is 3.33. The largest absolute Gasteiger partial charge is 0.490 e. The van der Waals surface area contributed by atoms with Crippen LogP contribution in [0.25, 0.3) is 0 Å². The van der Waals surface area contributed by atoms with Crippen molar-refractivity contribution < 1.29 is 14.2 Å². The number of nitrogens with zero attached hydrogens (tertiary/aromatic N) is 1. The molecule has 0 bridgehead atoms. The molecule has 138 valence electrons. The first-order chi connectivity index (χ1) is 12.2.